The number of rotatable bonds is 2. The topological polar surface area (TPSA) is 29.5 Å². The van der Waals surface area contributed by atoms with Crippen LogP contribution in [0, 0.1) is 6.92 Å². The third-order valence-corrected chi connectivity index (χ3v) is 4.63. The molecule has 1 aromatic rings. The SMILES string of the molecule is Cc1cccc(CN2CCC3(CCCO3)CCC2=O)c1. The molecule has 0 N–H and O–H groups in total. The van der Waals surface area contributed by atoms with Gasteiger partial charge in [-0.1, -0.05) is 29.8 Å². The van der Waals surface area contributed by atoms with Gasteiger partial charge in [-0.3, -0.25) is 4.79 Å². The van der Waals surface area contributed by atoms with Crippen LogP contribution in [-0.2, 0) is 16.1 Å². The van der Waals surface area contributed by atoms with E-state index in [1.807, 2.05) is 4.90 Å². The maximum atomic E-state index is 12.3. The van der Waals surface area contributed by atoms with E-state index in [4.69, 9.17) is 4.74 Å². The molecule has 2 aliphatic rings. The number of likely N-dealkylation sites (tertiary alicyclic amines) is 1. The fourth-order valence-electron chi connectivity index (χ4n) is 3.43. The van der Waals surface area contributed by atoms with Crippen molar-refractivity contribution in [2.45, 2.75) is 51.2 Å². The highest BCUT2D eigenvalue weighted by molar-refractivity contribution is 5.76. The number of amides is 1. The molecule has 0 aliphatic carbocycles. The molecule has 1 unspecified atom stereocenters. The Balaban J connectivity index is 1.69. The van der Waals surface area contributed by atoms with E-state index in [9.17, 15) is 4.79 Å². The minimum Gasteiger partial charge on any atom is -0.375 e. The van der Waals surface area contributed by atoms with Crippen LogP contribution in [0.25, 0.3) is 0 Å². The lowest BCUT2D eigenvalue weighted by atomic mass is 9.92. The number of hydrogen-bond acceptors (Lipinski definition) is 2. The number of aryl methyl sites for hydroxylation is 1. The van der Waals surface area contributed by atoms with Crippen LogP contribution < -0.4 is 0 Å². The lowest BCUT2D eigenvalue weighted by Crippen LogP contribution is -2.32. The second-order valence-corrected chi connectivity index (χ2v) is 6.19. The zero-order chi connectivity index (χ0) is 14.0. The number of ether oxygens (including phenoxy) is 1. The average Bonchev–Trinajstić information content (AvgIpc) is 2.84. The summed E-state index contributed by atoms with van der Waals surface area (Å²) in [5, 5.41) is 0. The molecule has 3 heteroatoms. The predicted octanol–water partition coefficient (Wildman–Crippen LogP) is 3.06. The van der Waals surface area contributed by atoms with Crippen molar-refractivity contribution in [3.8, 4) is 0 Å². The molecule has 2 fully saturated rings. The predicted molar refractivity (Wildman–Crippen MR) is 78.4 cm³/mol. The number of hydrogen-bond donors (Lipinski definition) is 0. The Bertz CT molecular complexity index is 492. The van der Waals surface area contributed by atoms with E-state index in [1.54, 1.807) is 0 Å². The summed E-state index contributed by atoms with van der Waals surface area (Å²) < 4.78 is 5.95. The molecule has 1 aromatic carbocycles. The number of benzene rings is 1. The zero-order valence-electron chi connectivity index (χ0n) is 12.2. The van der Waals surface area contributed by atoms with Gasteiger partial charge >= 0.3 is 0 Å². The molecule has 0 saturated carbocycles. The monoisotopic (exact) mass is 273 g/mol. The molecule has 2 aliphatic heterocycles. The van der Waals surface area contributed by atoms with Gasteiger partial charge in [0.2, 0.25) is 5.91 Å². The minimum atomic E-state index is -0.00296. The second-order valence-electron chi connectivity index (χ2n) is 6.19. The third kappa shape index (κ3) is 2.88. The van der Waals surface area contributed by atoms with Gasteiger partial charge in [-0.15, -0.1) is 0 Å². The lowest BCUT2D eigenvalue weighted by Gasteiger charge is -2.26. The van der Waals surface area contributed by atoms with Crippen LogP contribution in [0.15, 0.2) is 24.3 Å². The molecule has 2 saturated heterocycles. The molecule has 108 valence electrons. The van der Waals surface area contributed by atoms with Crippen molar-refractivity contribution in [1.82, 2.24) is 4.90 Å². The highest BCUT2D eigenvalue weighted by atomic mass is 16.5. The molecule has 2 heterocycles. The van der Waals surface area contributed by atoms with Gasteiger partial charge in [0.25, 0.3) is 0 Å². The molecule has 3 nitrogen and oxygen atoms in total. The molecule has 20 heavy (non-hydrogen) atoms. The fourth-order valence-corrected chi connectivity index (χ4v) is 3.43. The van der Waals surface area contributed by atoms with Crippen molar-refractivity contribution in [1.29, 1.82) is 0 Å². The Labute approximate surface area is 120 Å². The molecule has 1 amide bonds. The summed E-state index contributed by atoms with van der Waals surface area (Å²) in [6.07, 6.45) is 4.79. The normalized spacial score (nSPS) is 27.1. The number of nitrogens with zero attached hydrogens (tertiary/aromatic N) is 1. The maximum Gasteiger partial charge on any atom is 0.222 e. The number of carbonyl (C=O) groups is 1. The maximum absolute atomic E-state index is 12.3. The largest absolute Gasteiger partial charge is 0.375 e. The quantitative estimate of drug-likeness (QED) is 0.829. The van der Waals surface area contributed by atoms with Crippen LogP contribution in [0.5, 0.6) is 0 Å². The molecule has 1 spiro atoms. The van der Waals surface area contributed by atoms with Gasteiger partial charge in [-0.25, -0.2) is 0 Å². The molecule has 0 bridgehead atoms. The Morgan fingerprint density at radius 2 is 2.20 bits per heavy atom. The van der Waals surface area contributed by atoms with Crippen molar-refractivity contribution in [2.24, 2.45) is 0 Å². The van der Waals surface area contributed by atoms with Crippen LogP contribution in [0.4, 0.5) is 0 Å². The summed E-state index contributed by atoms with van der Waals surface area (Å²) in [4.78, 5) is 14.3. The summed E-state index contributed by atoms with van der Waals surface area (Å²) in [7, 11) is 0. The van der Waals surface area contributed by atoms with Gasteiger partial charge in [0.05, 0.1) is 5.60 Å². The van der Waals surface area contributed by atoms with E-state index in [-0.39, 0.29) is 11.5 Å². The first-order chi connectivity index (χ1) is 9.67. The van der Waals surface area contributed by atoms with Gasteiger partial charge in [0.15, 0.2) is 0 Å². The summed E-state index contributed by atoms with van der Waals surface area (Å²) in [5.74, 6) is 0.277. The Morgan fingerprint density at radius 3 is 2.95 bits per heavy atom. The van der Waals surface area contributed by atoms with Gasteiger partial charge in [0, 0.05) is 26.1 Å². The summed E-state index contributed by atoms with van der Waals surface area (Å²) in [6.45, 7) is 4.52. The zero-order valence-corrected chi connectivity index (χ0v) is 12.2. The molecular formula is C17H23NO2. The van der Waals surface area contributed by atoms with E-state index in [2.05, 4.69) is 31.2 Å². The van der Waals surface area contributed by atoms with Gasteiger partial charge in [0.1, 0.15) is 0 Å². The van der Waals surface area contributed by atoms with Crippen molar-refractivity contribution in [3.63, 3.8) is 0 Å². The molecule has 3 rings (SSSR count). The standard InChI is InChI=1S/C17H23NO2/c1-14-4-2-5-15(12-14)13-18-10-9-17(7-3-11-20-17)8-6-16(18)19/h2,4-5,12H,3,6-11,13H2,1H3. The van der Waals surface area contributed by atoms with Crippen LogP contribution in [0.3, 0.4) is 0 Å². The second kappa shape index (κ2) is 5.57. The highest BCUT2D eigenvalue weighted by Gasteiger charge is 2.38. The van der Waals surface area contributed by atoms with Gasteiger partial charge < -0.3 is 9.64 Å². The van der Waals surface area contributed by atoms with Crippen LogP contribution in [0.1, 0.15) is 43.2 Å². The average molecular weight is 273 g/mol. The van der Waals surface area contributed by atoms with Crippen LogP contribution in [0.2, 0.25) is 0 Å². The minimum absolute atomic E-state index is 0.00296. The summed E-state index contributed by atoms with van der Waals surface area (Å²) in [6, 6.07) is 8.43. The molecule has 1 atom stereocenters. The van der Waals surface area contributed by atoms with Crippen LogP contribution in [-0.4, -0.2) is 29.6 Å². The van der Waals surface area contributed by atoms with E-state index < -0.39 is 0 Å². The first-order valence-corrected chi connectivity index (χ1v) is 7.64. The third-order valence-electron chi connectivity index (χ3n) is 4.63. The smallest absolute Gasteiger partial charge is 0.222 e. The van der Waals surface area contributed by atoms with E-state index in [1.165, 1.54) is 11.1 Å². The van der Waals surface area contributed by atoms with Crippen molar-refractivity contribution < 1.29 is 9.53 Å². The lowest BCUT2D eigenvalue weighted by molar-refractivity contribution is -0.131. The van der Waals surface area contributed by atoms with E-state index in [0.29, 0.717) is 6.42 Å². The van der Waals surface area contributed by atoms with Crippen molar-refractivity contribution in [2.75, 3.05) is 13.2 Å². The molecule has 0 aromatic heterocycles. The number of carbonyl (C=O) groups excluding carboxylic acids is 1. The first-order valence-electron chi connectivity index (χ1n) is 7.64. The van der Waals surface area contributed by atoms with E-state index in [0.717, 1.165) is 45.4 Å². The van der Waals surface area contributed by atoms with Crippen molar-refractivity contribution in [3.05, 3.63) is 35.4 Å². The van der Waals surface area contributed by atoms with Gasteiger partial charge in [-0.05, 0) is 38.2 Å². The fraction of sp³-hybridized carbons (Fsp3) is 0.588. The highest BCUT2D eigenvalue weighted by Crippen LogP contribution is 2.36. The van der Waals surface area contributed by atoms with Crippen LogP contribution >= 0.6 is 0 Å². The first kappa shape index (κ1) is 13.6. The van der Waals surface area contributed by atoms with E-state index >= 15 is 0 Å². The Morgan fingerprint density at radius 1 is 1.30 bits per heavy atom. The molecule has 0 radical (unpaired) electrons. The Hall–Kier alpha value is -1.35. The van der Waals surface area contributed by atoms with Gasteiger partial charge in [-0.2, -0.15) is 0 Å². The van der Waals surface area contributed by atoms with Crippen molar-refractivity contribution >= 4 is 5.91 Å². The summed E-state index contributed by atoms with van der Waals surface area (Å²) in [5.41, 5.74) is 2.47. The Kier molecular flexibility index (Phi) is 3.79. The molecular weight excluding hydrogens is 250 g/mol. The summed E-state index contributed by atoms with van der Waals surface area (Å²) >= 11 is 0.